The number of hydrogen-bond acceptors (Lipinski definition) is 4. The van der Waals surface area contributed by atoms with Crippen LogP contribution in [0.5, 0.6) is 0 Å². The van der Waals surface area contributed by atoms with E-state index in [4.69, 9.17) is 9.84 Å². The molecule has 1 heterocycles. The maximum Gasteiger partial charge on any atom is 0.337 e. The summed E-state index contributed by atoms with van der Waals surface area (Å²) in [6, 6.07) is 0. The Kier molecular flexibility index (Phi) is 3.45. The number of esters is 1. The standard InChI is InChI=1S/C10H12O4/c1-2-7(5-11)8-3-4-14-10(13)9(8)6-12/h2,5-6,8,12H,3-4H2,1H3. The number of ether oxygens (including phenoxy) is 1. The Hall–Kier alpha value is -1.58. The lowest BCUT2D eigenvalue weighted by Crippen LogP contribution is -2.26. The van der Waals surface area contributed by atoms with Crippen LogP contribution in [0.2, 0.25) is 0 Å². The van der Waals surface area contributed by atoms with Crippen molar-refractivity contribution in [2.45, 2.75) is 13.3 Å². The Labute approximate surface area is 81.9 Å². The largest absolute Gasteiger partial charge is 0.515 e. The highest BCUT2D eigenvalue weighted by atomic mass is 16.5. The minimum atomic E-state index is -0.551. The maximum absolute atomic E-state index is 11.2. The highest BCUT2D eigenvalue weighted by Crippen LogP contribution is 2.27. The third kappa shape index (κ3) is 1.84. The Morgan fingerprint density at radius 2 is 2.36 bits per heavy atom. The molecule has 0 aliphatic carbocycles. The summed E-state index contributed by atoms with van der Waals surface area (Å²) in [6.07, 6.45) is 3.60. The van der Waals surface area contributed by atoms with E-state index in [2.05, 4.69) is 0 Å². The molecule has 0 saturated carbocycles. The third-order valence-corrected chi connectivity index (χ3v) is 2.26. The molecule has 1 fully saturated rings. The number of aldehydes is 1. The summed E-state index contributed by atoms with van der Waals surface area (Å²) in [5.41, 5.74) is 0.651. The van der Waals surface area contributed by atoms with E-state index in [1.165, 1.54) is 0 Å². The molecule has 76 valence electrons. The third-order valence-electron chi connectivity index (χ3n) is 2.26. The van der Waals surface area contributed by atoms with Crippen LogP contribution in [0.3, 0.4) is 0 Å². The Bertz CT molecular complexity index is 301. The molecule has 1 saturated heterocycles. The Balaban J connectivity index is 2.96. The van der Waals surface area contributed by atoms with Crippen molar-refractivity contribution >= 4 is 12.3 Å². The molecule has 1 unspecified atom stereocenters. The van der Waals surface area contributed by atoms with Crippen molar-refractivity contribution in [2.24, 2.45) is 5.92 Å². The molecule has 0 bridgehead atoms. The predicted molar refractivity (Wildman–Crippen MR) is 49.6 cm³/mol. The van der Waals surface area contributed by atoms with Gasteiger partial charge in [0.1, 0.15) is 6.29 Å². The van der Waals surface area contributed by atoms with Gasteiger partial charge < -0.3 is 9.84 Å². The van der Waals surface area contributed by atoms with Gasteiger partial charge in [-0.3, -0.25) is 4.79 Å². The molecular weight excluding hydrogens is 184 g/mol. The lowest BCUT2D eigenvalue weighted by atomic mass is 9.88. The first-order chi connectivity index (χ1) is 6.74. The molecule has 4 heteroatoms. The summed E-state index contributed by atoms with van der Waals surface area (Å²) in [4.78, 5) is 21.9. The lowest BCUT2D eigenvalue weighted by Gasteiger charge is -2.23. The second-order valence-corrected chi connectivity index (χ2v) is 2.97. The summed E-state index contributed by atoms with van der Waals surface area (Å²) < 4.78 is 4.74. The van der Waals surface area contributed by atoms with Gasteiger partial charge in [-0.1, -0.05) is 6.08 Å². The van der Waals surface area contributed by atoms with Crippen LogP contribution in [0.25, 0.3) is 0 Å². The smallest absolute Gasteiger partial charge is 0.337 e. The predicted octanol–water partition coefficient (Wildman–Crippen LogP) is 1.14. The minimum Gasteiger partial charge on any atom is -0.515 e. The van der Waals surface area contributed by atoms with Gasteiger partial charge in [-0.25, -0.2) is 4.79 Å². The first-order valence-corrected chi connectivity index (χ1v) is 4.37. The van der Waals surface area contributed by atoms with Crippen molar-refractivity contribution in [3.63, 3.8) is 0 Å². The molecule has 1 N–H and O–H groups in total. The van der Waals surface area contributed by atoms with Crippen LogP contribution in [-0.4, -0.2) is 24.0 Å². The fourth-order valence-electron chi connectivity index (χ4n) is 1.49. The van der Waals surface area contributed by atoms with Crippen molar-refractivity contribution < 1.29 is 19.4 Å². The normalized spacial score (nSPS) is 26.1. The maximum atomic E-state index is 11.2. The van der Waals surface area contributed by atoms with E-state index in [0.717, 1.165) is 6.26 Å². The number of allylic oxidation sites excluding steroid dienone is 2. The Morgan fingerprint density at radius 1 is 1.64 bits per heavy atom. The summed E-state index contributed by atoms with van der Waals surface area (Å²) in [5, 5.41) is 8.87. The van der Waals surface area contributed by atoms with Gasteiger partial charge in [0, 0.05) is 5.92 Å². The SMILES string of the molecule is CC=C(C=O)C1CCOC(=O)C1=CO. The summed E-state index contributed by atoms with van der Waals surface area (Å²) in [7, 11) is 0. The number of aliphatic hydroxyl groups is 1. The minimum absolute atomic E-state index is 0.149. The van der Waals surface area contributed by atoms with E-state index < -0.39 is 5.97 Å². The molecule has 0 spiro atoms. The number of hydrogen-bond donors (Lipinski definition) is 1. The number of aliphatic hydroxyl groups excluding tert-OH is 1. The van der Waals surface area contributed by atoms with Gasteiger partial charge in [0.05, 0.1) is 18.4 Å². The van der Waals surface area contributed by atoms with Crippen molar-refractivity contribution in [3.05, 3.63) is 23.5 Å². The van der Waals surface area contributed by atoms with Crippen molar-refractivity contribution in [2.75, 3.05) is 6.61 Å². The van der Waals surface area contributed by atoms with Crippen LogP contribution in [0, 0.1) is 5.92 Å². The van der Waals surface area contributed by atoms with Gasteiger partial charge in [0.2, 0.25) is 0 Å². The van der Waals surface area contributed by atoms with E-state index in [1.807, 2.05) is 0 Å². The second kappa shape index (κ2) is 4.60. The van der Waals surface area contributed by atoms with Crippen LogP contribution in [-0.2, 0) is 14.3 Å². The number of rotatable bonds is 2. The summed E-state index contributed by atoms with van der Waals surface area (Å²) >= 11 is 0. The van der Waals surface area contributed by atoms with Crippen molar-refractivity contribution in [1.82, 2.24) is 0 Å². The zero-order valence-electron chi connectivity index (χ0n) is 7.90. The first-order valence-electron chi connectivity index (χ1n) is 4.37. The number of cyclic esters (lactones) is 1. The van der Waals surface area contributed by atoms with E-state index >= 15 is 0 Å². The molecule has 0 amide bonds. The quantitative estimate of drug-likeness (QED) is 0.311. The molecule has 0 aromatic rings. The summed E-state index contributed by atoms with van der Waals surface area (Å²) in [5.74, 6) is -0.881. The van der Waals surface area contributed by atoms with E-state index in [-0.39, 0.29) is 18.1 Å². The molecule has 1 aliphatic rings. The number of carbonyl (C=O) groups excluding carboxylic acids is 2. The summed E-state index contributed by atoms with van der Waals surface area (Å²) in [6.45, 7) is 2.00. The van der Waals surface area contributed by atoms with Gasteiger partial charge in [-0.2, -0.15) is 0 Å². The Morgan fingerprint density at radius 3 is 2.86 bits per heavy atom. The molecule has 0 radical (unpaired) electrons. The fourth-order valence-corrected chi connectivity index (χ4v) is 1.49. The zero-order valence-corrected chi connectivity index (χ0v) is 7.90. The van der Waals surface area contributed by atoms with Gasteiger partial charge in [0.25, 0.3) is 0 Å². The molecule has 0 aromatic carbocycles. The van der Waals surface area contributed by atoms with Gasteiger partial charge in [-0.05, 0) is 18.9 Å². The van der Waals surface area contributed by atoms with Crippen LogP contribution < -0.4 is 0 Å². The molecule has 1 atom stereocenters. The van der Waals surface area contributed by atoms with E-state index in [9.17, 15) is 9.59 Å². The molecular formula is C10H12O4. The fraction of sp³-hybridized carbons (Fsp3) is 0.400. The first kappa shape index (κ1) is 10.5. The van der Waals surface area contributed by atoms with Crippen LogP contribution in [0.4, 0.5) is 0 Å². The average Bonchev–Trinajstić information content (AvgIpc) is 2.20. The molecule has 1 rings (SSSR count). The molecule has 1 aliphatic heterocycles. The highest BCUT2D eigenvalue weighted by molar-refractivity contribution is 5.92. The van der Waals surface area contributed by atoms with Gasteiger partial charge >= 0.3 is 5.97 Å². The average molecular weight is 196 g/mol. The van der Waals surface area contributed by atoms with Crippen LogP contribution in [0.15, 0.2) is 23.5 Å². The monoisotopic (exact) mass is 196 g/mol. The molecule has 14 heavy (non-hydrogen) atoms. The van der Waals surface area contributed by atoms with Crippen LogP contribution >= 0.6 is 0 Å². The lowest BCUT2D eigenvalue weighted by molar-refractivity contribution is -0.142. The van der Waals surface area contributed by atoms with Crippen LogP contribution in [0.1, 0.15) is 13.3 Å². The van der Waals surface area contributed by atoms with Gasteiger partial charge in [0.15, 0.2) is 0 Å². The second-order valence-electron chi connectivity index (χ2n) is 2.97. The van der Waals surface area contributed by atoms with E-state index in [0.29, 0.717) is 18.3 Å². The zero-order chi connectivity index (χ0) is 10.6. The molecule has 0 aromatic heterocycles. The number of carbonyl (C=O) groups is 2. The highest BCUT2D eigenvalue weighted by Gasteiger charge is 2.29. The topological polar surface area (TPSA) is 63.6 Å². The molecule has 4 nitrogen and oxygen atoms in total. The van der Waals surface area contributed by atoms with Crippen molar-refractivity contribution in [1.29, 1.82) is 0 Å². The van der Waals surface area contributed by atoms with Crippen molar-refractivity contribution in [3.8, 4) is 0 Å². The van der Waals surface area contributed by atoms with E-state index in [1.54, 1.807) is 13.0 Å². The van der Waals surface area contributed by atoms with Gasteiger partial charge in [-0.15, -0.1) is 0 Å².